The second-order valence-corrected chi connectivity index (χ2v) is 6.91. The van der Waals surface area contributed by atoms with E-state index in [4.69, 9.17) is 38.4 Å². The molecular formula is C18H22Cl2N4O2. The van der Waals surface area contributed by atoms with Gasteiger partial charge in [-0.25, -0.2) is 4.98 Å². The van der Waals surface area contributed by atoms with Crippen LogP contribution in [0.15, 0.2) is 18.2 Å². The summed E-state index contributed by atoms with van der Waals surface area (Å²) >= 11 is 13.0. The van der Waals surface area contributed by atoms with Crippen LogP contribution in [0.2, 0.25) is 10.0 Å². The third kappa shape index (κ3) is 4.14. The van der Waals surface area contributed by atoms with Gasteiger partial charge in [-0.3, -0.25) is 0 Å². The first kappa shape index (κ1) is 19.0. The number of ether oxygens (including phenoxy) is 2. The van der Waals surface area contributed by atoms with Crippen molar-refractivity contribution in [3.05, 3.63) is 39.5 Å². The number of hydrogen-bond donors (Lipinski definition) is 1. The summed E-state index contributed by atoms with van der Waals surface area (Å²) in [4.78, 5) is 10.7. The zero-order chi connectivity index (χ0) is 18.7. The maximum atomic E-state index is 6.56. The Kier molecular flexibility index (Phi) is 6.06. The molecule has 0 spiro atoms. The average molecular weight is 397 g/mol. The molecule has 1 aromatic heterocycles. The third-order valence-electron chi connectivity index (χ3n) is 4.20. The van der Waals surface area contributed by atoms with E-state index in [-0.39, 0.29) is 12.0 Å². The number of aromatic nitrogens is 2. The van der Waals surface area contributed by atoms with Gasteiger partial charge in [0.1, 0.15) is 11.6 Å². The number of hydrogen-bond acceptors (Lipinski definition) is 6. The molecule has 2 aromatic rings. The van der Waals surface area contributed by atoms with Crippen molar-refractivity contribution >= 4 is 35.0 Å². The van der Waals surface area contributed by atoms with Gasteiger partial charge in [-0.2, -0.15) is 4.98 Å². The molecule has 0 bridgehead atoms. The zero-order valence-electron chi connectivity index (χ0n) is 14.8. The molecule has 8 heteroatoms. The van der Waals surface area contributed by atoms with Gasteiger partial charge in [-0.05, 0) is 31.9 Å². The standard InChI is InChI=1S/C18H22Cl2N4O2/c1-3-26-16-9-13(19)12(8-14(16)20)15-10-25-6-4-5-24(15)17-7-11(2)22-18(21)23-17/h7-9,15H,3-6,10H2,1-2H3,(H2,21,22,23). The molecule has 2 N–H and O–H groups in total. The molecule has 0 saturated carbocycles. The lowest BCUT2D eigenvalue weighted by atomic mass is 10.0. The molecule has 26 heavy (non-hydrogen) atoms. The molecule has 1 atom stereocenters. The number of rotatable bonds is 4. The molecule has 2 heterocycles. The van der Waals surface area contributed by atoms with E-state index >= 15 is 0 Å². The van der Waals surface area contributed by atoms with Crippen LogP contribution in [0.3, 0.4) is 0 Å². The minimum Gasteiger partial charge on any atom is -0.492 e. The van der Waals surface area contributed by atoms with Gasteiger partial charge in [0.15, 0.2) is 0 Å². The number of nitrogen functional groups attached to an aromatic ring is 1. The van der Waals surface area contributed by atoms with Crippen LogP contribution in [0.25, 0.3) is 0 Å². The fraction of sp³-hybridized carbons (Fsp3) is 0.444. The van der Waals surface area contributed by atoms with Crippen LogP contribution in [-0.2, 0) is 4.74 Å². The topological polar surface area (TPSA) is 73.5 Å². The maximum absolute atomic E-state index is 6.56. The lowest BCUT2D eigenvalue weighted by Crippen LogP contribution is -2.32. The molecule has 3 rings (SSSR count). The molecule has 1 unspecified atom stereocenters. The van der Waals surface area contributed by atoms with Gasteiger partial charge >= 0.3 is 0 Å². The predicted octanol–water partition coefficient (Wildman–Crippen LogP) is 4.04. The monoisotopic (exact) mass is 396 g/mol. The normalized spacial score (nSPS) is 17.8. The van der Waals surface area contributed by atoms with Crippen molar-refractivity contribution in [2.24, 2.45) is 0 Å². The van der Waals surface area contributed by atoms with Crippen molar-refractivity contribution in [1.82, 2.24) is 9.97 Å². The average Bonchev–Trinajstić information content (AvgIpc) is 2.83. The van der Waals surface area contributed by atoms with Gasteiger partial charge < -0.3 is 20.1 Å². The SMILES string of the molecule is CCOc1cc(Cl)c(C2COCCCN2c2cc(C)nc(N)n2)cc1Cl. The van der Waals surface area contributed by atoms with E-state index in [1.165, 1.54) is 0 Å². The number of nitrogens with two attached hydrogens (primary N) is 1. The molecular weight excluding hydrogens is 375 g/mol. The quantitative estimate of drug-likeness (QED) is 0.840. The van der Waals surface area contributed by atoms with Crippen LogP contribution in [0.5, 0.6) is 5.75 Å². The Hall–Kier alpha value is -1.76. The van der Waals surface area contributed by atoms with E-state index in [1.807, 2.05) is 26.0 Å². The number of benzene rings is 1. The lowest BCUT2D eigenvalue weighted by Gasteiger charge is -2.31. The van der Waals surface area contributed by atoms with Crippen molar-refractivity contribution in [3.63, 3.8) is 0 Å². The Bertz CT molecular complexity index is 768. The van der Waals surface area contributed by atoms with Gasteiger partial charge in [0.2, 0.25) is 5.95 Å². The summed E-state index contributed by atoms with van der Waals surface area (Å²) in [7, 11) is 0. The Morgan fingerprint density at radius 3 is 2.81 bits per heavy atom. The van der Waals surface area contributed by atoms with Crippen molar-refractivity contribution in [1.29, 1.82) is 0 Å². The summed E-state index contributed by atoms with van der Waals surface area (Å²) < 4.78 is 11.3. The summed E-state index contributed by atoms with van der Waals surface area (Å²) in [6, 6.07) is 5.38. The van der Waals surface area contributed by atoms with Gasteiger partial charge in [-0.15, -0.1) is 0 Å². The number of nitrogens with zero attached hydrogens (tertiary/aromatic N) is 3. The van der Waals surface area contributed by atoms with Gasteiger partial charge in [0.05, 0.1) is 24.3 Å². The maximum Gasteiger partial charge on any atom is 0.222 e. The van der Waals surface area contributed by atoms with Gasteiger partial charge in [0.25, 0.3) is 0 Å². The van der Waals surface area contributed by atoms with Crippen LogP contribution >= 0.6 is 23.2 Å². The largest absolute Gasteiger partial charge is 0.492 e. The Labute approximate surface area is 163 Å². The van der Waals surface area contributed by atoms with E-state index in [9.17, 15) is 0 Å². The van der Waals surface area contributed by atoms with E-state index in [0.29, 0.717) is 35.6 Å². The van der Waals surface area contributed by atoms with Crippen molar-refractivity contribution in [2.75, 3.05) is 37.0 Å². The van der Waals surface area contributed by atoms with Crippen LogP contribution in [0.1, 0.15) is 30.6 Å². The minimum atomic E-state index is -0.133. The highest BCUT2D eigenvalue weighted by atomic mass is 35.5. The molecule has 1 aromatic carbocycles. The second-order valence-electron chi connectivity index (χ2n) is 6.10. The fourth-order valence-electron chi connectivity index (χ4n) is 3.10. The highest BCUT2D eigenvalue weighted by Crippen LogP contribution is 2.38. The Balaban J connectivity index is 2.03. The molecule has 1 saturated heterocycles. The van der Waals surface area contributed by atoms with Crippen molar-refractivity contribution < 1.29 is 9.47 Å². The van der Waals surface area contributed by atoms with Gasteiger partial charge in [-0.1, -0.05) is 23.2 Å². The zero-order valence-corrected chi connectivity index (χ0v) is 16.3. The molecule has 1 aliphatic heterocycles. The van der Waals surface area contributed by atoms with Crippen LogP contribution in [0, 0.1) is 6.92 Å². The van der Waals surface area contributed by atoms with Crippen molar-refractivity contribution in [2.45, 2.75) is 26.3 Å². The summed E-state index contributed by atoms with van der Waals surface area (Å²) in [6.07, 6.45) is 0.877. The number of halogens is 2. The highest BCUT2D eigenvalue weighted by molar-refractivity contribution is 6.34. The van der Waals surface area contributed by atoms with E-state index in [0.717, 1.165) is 30.0 Å². The minimum absolute atomic E-state index is 0.133. The molecule has 1 fully saturated rings. The summed E-state index contributed by atoms with van der Waals surface area (Å²) in [5.41, 5.74) is 7.54. The first-order chi connectivity index (χ1) is 12.5. The van der Waals surface area contributed by atoms with E-state index in [1.54, 1.807) is 6.07 Å². The lowest BCUT2D eigenvalue weighted by molar-refractivity contribution is 0.134. The van der Waals surface area contributed by atoms with Crippen LogP contribution in [-0.4, -0.2) is 36.3 Å². The third-order valence-corrected chi connectivity index (χ3v) is 4.82. The first-order valence-electron chi connectivity index (χ1n) is 8.57. The first-order valence-corrected chi connectivity index (χ1v) is 9.32. The Morgan fingerprint density at radius 2 is 2.08 bits per heavy atom. The molecule has 1 aliphatic rings. The summed E-state index contributed by atoms with van der Waals surface area (Å²) in [5, 5.41) is 1.10. The fourth-order valence-corrected chi connectivity index (χ4v) is 3.60. The number of anilines is 2. The molecule has 0 amide bonds. The van der Waals surface area contributed by atoms with Crippen LogP contribution in [0.4, 0.5) is 11.8 Å². The van der Waals surface area contributed by atoms with Crippen LogP contribution < -0.4 is 15.4 Å². The summed E-state index contributed by atoms with van der Waals surface area (Å²) in [5.74, 6) is 1.58. The smallest absolute Gasteiger partial charge is 0.222 e. The molecule has 0 radical (unpaired) electrons. The highest BCUT2D eigenvalue weighted by Gasteiger charge is 2.28. The Morgan fingerprint density at radius 1 is 1.27 bits per heavy atom. The van der Waals surface area contributed by atoms with E-state index in [2.05, 4.69) is 14.9 Å². The van der Waals surface area contributed by atoms with Crippen molar-refractivity contribution in [3.8, 4) is 5.75 Å². The predicted molar refractivity (Wildman–Crippen MR) is 104 cm³/mol. The second kappa shape index (κ2) is 8.29. The summed E-state index contributed by atoms with van der Waals surface area (Å²) in [6.45, 7) is 6.24. The number of aryl methyl sites for hydroxylation is 1. The van der Waals surface area contributed by atoms with Gasteiger partial charge in [0, 0.05) is 36.0 Å². The molecule has 0 aliphatic carbocycles. The van der Waals surface area contributed by atoms with E-state index < -0.39 is 0 Å². The molecule has 6 nitrogen and oxygen atoms in total. The molecule has 140 valence electrons.